The largest absolute Gasteiger partial charge is 0.444 e. The first kappa shape index (κ1) is 20.2. The van der Waals surface area contributed by atoms with Gasteiger partial charge in [-0.1, -0.05) is 0 Å². The van der Waals surface area contributed by atoms with E-state index in [1.807, 2.05) is 34.6 Å². The van der Waals surface area contributed by atoms with E-state index in [9.17, 15) is 13.2 Å². The number of carbonyl (C=O) groups is 1. The van der Waals surface area contributed by atoms with Crippen molar-refractivity contribution in [2.75, 3.05) is 20.1 Å². The second-order valence-corrected chi connectivity index (χ2v) is 10.9. The molecule has 0 unspecified atom stereocenters. The highest BCUT2D eigenvalue weighted by Crippen LogP contribution is 2.30. The number of aryl methyl sites for hydroxylation is 2. The van der Waals surface area contributed by atoms with Crippen LogP contribution in [0.1, 0.15) is 43.4 Å². The number of sulfonamides is 1. The van der Waals surface area contributed by atoms with Gasteiger partial charge in [0, 0.05) is 35.9 Å². The van der Waals surface area contributed by atoms with Crippen molar-refractivity contribution in [3.8, 4) is 0 Å². The van der Waals surface area contributed by atoms with Crippen LogP contribution in [0.15, 0.2) is 11.0 Å². The van der Waals surface area contributed by atoms with E-state index in [1.165, 1.54) is 20.5 Å². The third-order valence-electron chi connectivity index (χ3n) is 4.20. The minimum atomic E-state index is -3.53. The van der Waals surface area contributed by atoms with Gasteiger partial charge in [0.1, 0.15) is 5.60 Å². The van der Waals surface area contributed by atoms with E-state index in [0.717, 1.165) is 22.6 Å². The number of likely N-dealkylation sites (N-methyl/N-ethyl adjacent to an activating group) is 1. The Labute approximate surface area is 154 Å². The van der Waals surface area contributed by atoms with Crippen LogP contribution < -0.4 is 0 Å². The maximum absolute atomic E-state index is 13.0. The summed E-state index contributed by atoms with van der Waals surface area (Å²) in [6.45, 7) is 9.97. The van der Waals surface area contributed by atoms with Crippen LogP contribution in [0, 0.1) is 13.8 Å². The molecule has 0 aromatic carbocycles. The Morgan fingerprint density at radius 3 is 2.52 bits per heavy atom. The van der Waals surface area contributed by atoms with Crippen LogP contribution in [0.5, 0.6) is 0 Å². The summed E-state index contributed by atoms with van der Waals surface area (Å²) in [6, 6.07) is 1.55. The van der Waals surface area contributed by atoms with E-state index in [0.29, 0.717) is 18.0 Å². The molecule has 2 rings (SSSR count). The van der Waals surface area contributed by atoms with Crippen molar-refractivity contribution >= 4 is 27.5 Å². The topological polar surface area (TPSA) is 66.9 Å². The van der Waals surface area contributed by atoms with Crippen LogP contribution in [0.25, 0.3) is 0 Å². The maximum atomic E-state index is 13.0. The summed E-state index contributed by atoms with van der Waals surface area (Å²) in [6.07, 6.45) is 1.07. The third kappa shape index (κ3) is 4.74. The molecule has 25 heavy (non-hydrogen) atoms. The Kier molecular flexibility index (Phi) is 5.85. The Bertz CT molecular complexity index is 734. The molecule has 1 aliphatic rings. The molecule has 1 fully saturated rings. The smallest absolute Gasteiger partial charge is 0.410 e. The van der Waals surface area contributed by atoms with Crippen LogP contribution in [-0.2, 0) is 14.8 Å². The van der Waals surface area contributed by atoms with E-state index in [-0.39, 0.29) is 6.04 Å². The molecule has 0 N–H and O–H groups in total. The average Bonchev–Trinajstić information content (AvgIpc) is 2.84. The summed E-state index contributed by atoms with van der Waals surface area (Å²) in [5.74, 6) is 0. The molecule has 1 amide bonds. The SMILES string of the molecule is Cc1cc(S(=O)(=O)N2CCC[C@H](N(C)C(=O)OC(C)(C)C)C2)c(C)s1. The van der Waals surface area contributed by atoms with Gasteiger partial charge in [0.2, 0.25) is 10.0 Å². The monoisotopic (exact) mass is 388 g/mol. The molecule has 8 heteroatoms. The third-order valence-corrected chi connectivity index (χ3v) is 7.29. The van der Waals surface area contributed by atoms with Gasteiger partial charge in [-0.2, -0.15) is 4.31 Å². The molecule has 142 valence electrons. The first-order valence-corrected chi connectivity index (χ1v) is 10.7. The zero-order valence-corrected chi connectivity index (χ0v) is 17.5. The molecule has 1 aromatic rings. The number of rotatable bonds is 3. The molecule has 1 aliphatic heterocycles. The number of hydrogen-bond donors (Lipinski definition) is 0. The molecule has 6 nitrogen and oxygen atoms in total. The van der Waals surface area contributed by atoms with Crippen LogP contribution in [0.4, 0.5) is 4.79 Å². The number of amides is 1. The molecule has 2 heterocycles. The Balaban J connectivity index is 2.15. The quantitative estimate of drug-likeness (QED) is 0.796. The van der Waals surface area contributed by atoms with E-state index < -0.39 is 21.7 Å². The van der Waals surface area contributed by atoms with E-state index in [1.54, 1.807) is 13.1 Å². The number of hydrogen-bond acceptors (Lipinski definition) is 5. The summed E-state index contributed by atoms with van der Waals surface area (Å²) < 4.78 is 32.9. The van der Waals surface area contributed by atoms with Gasteiger partial charge in [0.15, 0.2) is 0 Å². The number of nitrogens with zero attached hydrogens (tertiary/aromatic N) is 2. The standard InChI is InChI=1S/C17H28N2O4S2/c1-12-10-15(13(2)24-12)25(21,22)19-9-7-8-14(11-19)18(6)16(20)23-17(3,4)5/h10,14H,7-9,11H2,1-6H3/t14-/m0/s1. The van der Waals surface area contributed by atoms with Crippen molar-refractivity contribution < 1.29 is 17.9 Å². The minimum absolute atomic E-state index is 0.182. The highest BCUT2D eigenvalue weighted by atomic mass is 32.2. The average molecular weight is 389 g/mol. The molecule has 0 aliphatic carbocycles. The summed E-state index contributed by atoms with van der Waals surface area (Å²) >= 11 is 1.49. The molecule has 1 atom stereocenters. The molecular weight excluding hydrogens is 360 g/mol. The zero-order chi connectivity index (χ0) is 19.0. The minimum Gasteiger partial charge on any atom is -0.444 e. The summed E-state index contributed by atoms with van der Waals surface area (Å²) in [4.78, 5) is 16.0. The first-order chi connectivity index (χ1) is 11.4. The van der Waals surface area contributed by atoms with Gasteiger partial charge in [-0.3, -0.25) is 0 Å². The fourth-order valence-corrected chi connectivity index (χ4v) is 5.98. The number of thiophene rings is 1. The Morgan fingerprint density at radius 2 is 2.00 bits per heavy atom. The van der Waals surface area contributed by atoms with E-state index >= 15 is 0 Å². The van der Waals surface area contributed by atoms with Crippen LogP contribution in [0.3, 0.4) is 0 Å². The van der Waals surface area contributed by atoms with Gasteiger partial charge in [-0.15, -0.1) is 11.3 Å². The highest BCUT2D eigenvalue weighted by molar-refractivity contribution is 7.89. The van der Waals surface area contributed by atoms with E-state index in [2.05, 4.69) is 0 Å². The molecule has 0 bridgehead atoms. The van der Waals surface area contributed by atoms with Gasteiger partial charge in [0.25, 0.3) is 0 Å². The van der Waals surface area contributed by atoms with Gasteiger partial charge in [-0.25, -0.2) is 13.2 Å². The number of ether oxygens (including phenoxy) is 1. The normalized spacial score (nSPS) is 19.7. The van der Waals surface area contributed by atoms with Crippen molar-refractivity contribution in [2.45, 2.75) is 64.0 Å². The van der Waals surface area contributed by atoms with Gasteiger partial charge in [-0.05, 0) is 53.5 Å². The van der Waals surface area contributed by atoms with Crippen LogP contribution >= 0.6 is 11.3 Å². The zero-order valence-electron chi connectivity index (χ0n) is 15.8. The molecule has 0 spiro atoms. The number of carbonyl (C=O) groups excluding carboxylic acids is 1. The fourth-order valence-electron chi connectivity index (χ4n) is 2.94. The molecule has 1 saturated heterocycles. The molecular formula is C17H28N2O4S2. The lowest BCUT2D eigenvalue weighted by Crippen LogP contribution is -2.51. The lowest BCUT2D eigenvalue weighted by Gasteiger charge is -2.37. The fraction of sp³-hybridized carbons (Fsp3) is 0.706. The summed E-state index contributed by atoms with van der Waals surface area (Å²) in [5.41, 5.74) is -0.572. The van der Waals surface area contributed by atoms with Crippen LogP contribution in [-0.4, -0.2) is 55.5 Å². The van der Waals surface area contributed by atoms with Crippen LogP contribution in [0.2, 0.25) is 0 Å². The maximum Gasteiger partial charge on any atom is 0.410 e. The van der Waals surface area contributed by atoms with Crippen molar-refractivity contribution in [1.82, 2.24) is 9.21 Å². The van der Waals surface area contributed by atoms with Crippen molar-refractivity contribution in [3.05, 3.63) is 15.8 Å². The summed E-state index contributed by atoms with van der Waals surface area (Å²) in [5, 5.41) is 0. The lowest BCUT2D eigenvalue weighted by atomic mass is 10.1. The van der Waals surface area contributed by atoms with Gasteiger partial charge >= 0.3 is 6.09 Å². The summed E-state index contributed by atoms with van der Waals surface area (Å²) in [7, 11) is -1.86. The first-order valence-electron chi connectivity index (χ1n) is 8.45. The highest BCUT2D eigenvalue weighted by Gasteiger charge is 2.35. The van der Waals surface area contributed by atoms with Crippen molar-refractivity contribution in [1.29, 1.82) is 0 Å². The predicted molar refractivity (Wildman–Crippen MR) is 99.6 cm³/mol. The van der Waals surface area contributed by atoms with Crippen molar-refractivity contribution in [2.24, 2.45) is 0 Å². The van der Waals surface area contributed by atoms with E-state index in [4.69, 9.17) is 4.74 Å². The Morgan fingerprint density at radius 1 is 1.36 bits per heavy atom. The number of piperidine rings is 1. The van der Waals surface area contributed by atoms with Gasteiger partial charge in [0.05, 0.1) is 4.90 Å². The van der Waals surface area contributed by atoms with Crippen molar-refractivity contribution in [3.63, 3.8) is 0 Å². The Hall–Kier alpha value is -1.12. The second kappa shape index (κ2) is 7.25. The molecule has 1 aromatic heterocycles. The molecule has 0 saturated carbocycles. The lowest BCUT2D eigenvalue weighted by molar-refractivity contribution is 0.0173. The molecule has 0 radical (unpaired) electrons. The predicted octanol–water partition coefficient (Wildman–Crippen LogP) is 3.38. The van der Waals surface area contributed by atoms with Gasteiger partial charge < -0.3 is 9.64 Å². The second-order valence-electron chi connectivity index (χ2n) is 7.53.